The lowest BCUT2D eigenvalue weighted by molar-refractivity contribution is 0.0911. The summed E-state index contributed by atoms with van der Waals surface area (Å²) in [6.07, 6.45) is 0.820. The number of carbonyl (C=O) groups excluding carboxylic acids is 1. The van der Waals surface area contributed by atoms with Gasteiger partial charge in [0, 0.05) is 6.04 Å². The summed E-state index contributed by atoms with van der Waals surface area (Å²) < 4.78 is 10.5. The third-order valence-electron chi connectivity index (χ3n) is 3.58. The van der Waals surface area contributed by atoms with E-state index in [4.69, 9.17) is 20.6 Å². The van der Waals surface area contributed by atoms with Crippen molar-refractivity contribution in [3.63, 3.8) is 0 Å². The Kier molecular flexibility index (Phi) is 5.60. The van der Waals surface area contributed by atoms with Crippen LogP contribution in [-0.4, -0.2) is 44.3 Å². The van der Waals surface area contributed by atoms with Gasteiger partial charge in [0.2, 0.25) is 0 Å². The molecular weight excluding hydrogens is 284 g/mol. The van der Waals surface area contributed by atoms with Gasteiger partial charge in [-0.3, -0.25) is 5.41 Å². The third kappa shape index (κ3) is 4.63. The second kappa shape index (κ2) is 7.65. The average molecular weight is 306 g/mol. The standard InChI is InChI=1S/C15H22N4O3/c1-21-11-4-2-10(3-5-11)8-12-13(6-7-18-12)22-15(20)19-9-14(16)17/h2-5,12-13,18H,6-9H2,1H3,(H3,16,17)(H,19,20). The van der Waals surface area contributed by atoms with Gasteiger partial charge in [-0.05, 0) is 37.1 Å². The Morgan fingerprint density at radius 3 is 2.82 bits per heavy atom. The molecule has 5 N–H and O–H groups in total. The van der Waals surface area contributed by atoms with Gasteiger partial charge in [0.15, 0.2) is 0 Å². The summed E-state index contributed by atoms with van der Waals surface area (Å²) in [5.41, 5.74) is 6.34. The van der Waals surface area contributed by atoms with Crippen molar-refractivity contribution in [2.45, 2.75) is 25.0 Å². The van der Waals surface area contributed by atoms with Crippen molar-refractivity contribution in [3.05, 3.63) is 29.8 Å². The molecule has 22 heavy (non-hydrogen) atoms. The minimum atomic E-state index is -0.538. The Balaban J connectivity index is 1.86. The fraction of sp³-hybridized carbons (Fsp3) is 0.467. The lowest BCUT2D eigenvalue weighted by Gasteiger charge is -2.20. The number of amides is 1. The van der Waals surface area contributed by atoms with Crippen molar-refractivity contribution in [1.29, 1.82) is 5.41 Å². The molecule has 2 atom stereocenters. The average Bonchev–Trinajstić information content (AvgIpc) is 2.93. The Morgan fingerprint density at radius 2 is 2.18 bits per heavy atom. The smallest absolute Gasteiger partial charge is 0.407 e. The molecule has 7 heteroatoms. The van der Waals surface area contributed by atoms with Crippen LogP contribution in [0.5, 0.6) is 5.75 Å². The van der Waals surface area contributed by atoms with Crippen molar-refractivity contribution >= 4 is 11.9 Å². The minimum absolute atomic E-state index is 0.00211. The molecule has 0 aliphatic carbocycles. The summed E-state index contributed by atoms with van der Waals surface area (Å²) in [4.78, 5) is 11.7. The maximum absolute atomic E-state index is 11.7. The molecule has 1 aliphatic rings. The molecule has 1 aliphatic heterocycles. The Labute approximate surface area is 129 Å². The van der Waals surface area contributed by atoms with E-state index in [1.54, 1.807) is 7.11 Å². The lowest BCUT2D eigenvalue weighted by atomic mass is 10.0. The number of amidine groups is 1. The van der Waals surface area contributed by atoms with Crippen LogP contribution >= 0.6 is 0 Å². The minimum Gasteiger partial charge on any atom is -0.497 e. The van der Waals surface area contributed by atoms with E-state index in [0.29, 0.717) is 0 Å². The number of alkyl carbamates (subject to hydrolysis) is 1. The van der Waals surface area contributed by atoms with E-state index in [-0.39, 0.29) is 24.5 Å². The highest BCUT2D eigenvalue weighted by molar-refractivity contribution is 5.82. The van der Waals surface area contributed by atoms with Crippen LogP contribution in [0.2, 0.25) is 0 Å². The summed E-state index contributed by atoms with van der Waals surface area (Å²) in [6, 6.07) is 7.92. The highest BCUT2D eigenvalue weighted by Crippen LogP contribution is 2.18. The van der Waals surface area contributed by atoms with Gasteiger partial charge in [-0.25, -0.2) is 4.79 Å². The maximum Gasteiger partial charge on any atom is 0.407 e. The maximum atomic E-state index is 11.7. The molecular formula is C15H22N4O3. The first-order valence-electron chi connectivity index (χ1n) is 7.22. The number of rotatable bonds is 6. The predicted octanol–water partition coefficient (Wildman–Crippen LogP) is 0.630. The summed E-state index contributed by atoms with van der Waals surface area (Å²) >= 11 is 0. The van der Waals surface area contributed by atoms with Gasteiger partial charge in [-0.2, -0.15) is 0 Å². The number of hydrogen-bond donors (Lipinski definition) is 4. The normalized spacial score (nSPS) is 20.4. The third-order valence-corrected chi connectivity index (χ3v) is 3.58. The largest absolute Gasteiger partial charge is 0.497 e. The van der Waals surface area contributed by atoms with Crippen LogP contribution in [0.3, 0.4) is 0 Å². The molecule has 0 spiro atoms. The van der Waals surface area contributed by atoms with E-state index in [2.05, 4.69) is 10.6 Å². The number of nitrogens with two attached hydrogens (primary N) is 1. The summed E-state index contributed by atoms with van der Waals surface area (Å²) in [5.74, 6) is 0.718. The number of benzene rings is 1. The van der Waals surface area contributed by atoms with Gasteiger partial charge in [-0.1, -0.05) is 12.1 Å². The van der Waals surface area contributed by atoms with Crippen LogP contribution in [0.1, 0.15) is 12.0 Å². The van der Waals surface area contributed by atoms with Crippen molar-refractivity contribution in [3.8, 4) is 5.75 Å². The molecule has 0 aromatic heterocycles. The molecule has 1 heterocycles. The number of hydrogen-bond acceptors (Lipinski definition) is 5. The fourth-order valence-corrected chi connectivity index (χ4v) is 2.45. The van der Waals surface area contributed by atoms with E-state index in [1.165, 1.54) is 0 Å². The van der Waals surface area contributed by atoms with Crippen LogP contribution in [-0.2, 0) is 11.2 Å². The van der Waals surface area contributed by atoms with Crippen LogP contribution in [0, 0.1) is 5.41 Å². The Bertz CT molecular complexity index is 518. The number of ether oxygens (including phenoxy) is 2. The van der Waals surface area contributed by atoms with Gasteiger partial charge in [0.25, 0.3) is 0 Å². The Morgan fingerprint density at radius 1 is 1.45 bits per heavy atom. The second-order valence-electron chi connectivity index (χ2n) is 5.22. The number of carbonyl (C=O) groups is 1. The molecule has 2 unspecified atom stereocenters. The van der Waals surface area contributed by atoms with Gasteiger partial charge in [0.1, 0.15) is 17.7 Å². The molecule has 7 nitrogen and oxygen atoms in total. The van der Waals surface area contributed by atoms with E-state index in [9.17, 15) is 4.79 Å². The van der Waals surface area contributed by atoms with Gasteiger partial charge in [-0.15, -0.1) is 0 Å². The molecule has 0 radical (unpaired) electrons. The molecule has 0 bridgehead atoms. The molecule has 1 aromatic rings. The monoisotopic (exact) mass is 306 g/mol. The van der Waals surface area contributed by atoms with E-state index in [1.807, 2.05) is 24.3 Å². The van der Waals surface area contributed by atoms with Crippen LogP contribution in [0.25, 0.3) is 0 Å². The molecule has 1 amide bonds. The zero-order valence-corrected chi connectivity index (χ0v) is 12.6. The molecule has 120 valence electrons. The number of nitrogens with one attached hydrogen (secondary N) is 3. The first-order valence-corrected chi connectivity index (χ1v) is 7.22. The fourth-order valence-electron chi connectivity index (χ4n) is 2.45. The molecule has 0 saturated carbocycles. The molecule has 1 fully saturated rings. The van der Waals surface area contributed by atoms with Crippen molar-refractivity contribution in [2.24, 2.45) is 5.73 Å². The predicted molar refractivity (Wildman–Crippen MR) is 83.3 cm³/mol. The van der Waals surface area contributed by atoms with Crippen molar-refractivity contribution in [1.82, 2.24) is 10.6 Å². The first-order chi connectivity index (χ1) is 10.6. The van der Waals surface area contributed by atoms with E-state index >= 15 is 0 Å². The van der Waals surface area contributed by atoms with Crippen molar-refractivity contribution < 1.29 is 14.3 Å². The van der Waals surface area contributed by atoms with E-state index in [0.717, 1.165) is 30.7 Å². The molecule has 1 aromatic carbocycles. The summed E-state index contributed by atoms with van der Waals surface area (Å²) in [5, 5.41) is 12.9. The topological polar surface area (TPSA) is 109 Å². The van der Waals surface area contributed by atoms with Crippen LogP contribution in [0.15, 0.2) is 24.3 Å². The van der Waals surface area contributed by atoms with Gasteiger partial charge in [0.05, 0.1) is 13.7 Å². The highest BCUT2D eigenvalue weighted by Gasteiger charge is 2.30. The lowest BCUT2D eigenvalue weighted by Crippen LogP contribution is -2.40. The highest BCUT2D eigenvalue weighted by atomic mass is 16.6. The van der Waals surface area contributed by atoms with Gasteiger partial charge < -0.3 is 25.8 Å². The van der Waals surface area contributed by atoms with Crippen molar-refractivity contribution in [2.75, 3.05) is 20.2 Å². The SMILES string of the molecule is COc1ccc(CC2NCCC2OC(=O)NCC(=N)N)cc1. The molecule has 1 saturated heterocycles. The quantitative estimate of drug-likeness (QED) is 0.455. The van der Waals surface area contributed by atoms with E-state index < -0.39 is 6.09 Å². The first kappa shape index (κ1) is 16.1. The summed E-state index contributed by atoms with van der Waals surface area (Å²) in [7, 11) is 1.64. The Hall–Kier alpha value is -2.28. The molecule has 2 rings (SSSR count). The van der Waals surface area contributed by atoms with Crippen LogP contribution < -0.4 is 21.1 Å². The van der Waals surface area contributed by atoms with Crippen LogP contribution in [0.4, 0.5) is 4.79 Å². The summed E-state index contributed by atoms with van der Waals surface area (Å²) in [6.45, 7) is 0.813. The number of methoxy groups -OCH3 is 1. The van der Waals surface area contributed by atoms with Gasteiger partial charge >= 0.3 is 6.09 Å². The zero-order chi connectivity index (χ0) is 15.9. The second-order valence-corrected chi connectivity index (χ2v) is 5.22. The zero-order valence-electron chi connectivity index (χ0n) is 12.6.